The van der Waals surface area contributed by atoms with Gasteiger partial charge in [0.15, 0.2) is 5.13 Å². The highest BCUT2D eigenvalue weighted by atomic mass is 79.9. The Labute approximate surface area is 126 Å². The van der Waals surface area contributed by atoms with Gasteiger partial charge in [-0.05, 0) is 36.4 Å². The summed E-state index contributed by atoms with van der Waals surface area (Å²) < 4.78 is 15.4. The number of aromatic nitrogens is 1. The number of rotatable bonds is 2. The first-order chi connectivity index (χ1) is 9.11. The van der Waals surface area contributed by atoms with Gasteiger partial charge >= 0.3 is 0 Å². The van der Waals surface area contributed by atoms with Gasteiger partial charge in [0.1, 0.15) is 5.82 Å². The van der Waals surface area contributed by atoms with Gasteiger partial charge in [-0.25, -0.2) is 9.37 Å². The maximum absolute atomic E-state index is 13.3. The average Bonchev–Trinajstić information content (AvgIpc) is 2.75. The van der Waals surface area contributed by atoms with Crippen LogP contribution in [0.15, 0.2) is 40.9 Å². The number of nitrogens with zero attached hydrogens (tertiary/aromatic N) is 1. The largest absolute Gasteiger partial charge is 0.331 e. The Morgan fingerprint density at radius 1 is 1.21 bits per heavy atom. The van der Waals surface area contributed by atoms with Crippen molar-refractivity contribution in [3.05, 3.63) is 51.7 Å². The number of fused-ring (bicyclic) bond motifs is 1. The summed E-state index contributed by atoms with van der Waals surface area (Å²) in [6, 6.07) is 10.5. The Morgan fingerprint density at radius 3 is 2.84 bits per heavy atom. The van der Waals surface area contributed by atoms with E-state index in [0.29, 0.717) is 5.69 Å². The van der Waals surface area contributed by atoms with Crippen molar-refractivity contribution in [2.75, 3.05) is 5.32 Å². The molecular weight excluding hydrogens is 351 g/mol. The van der Waals surface area contributed by atoms with Gasteiger partial charge in [-0.3, -0.25) is 0 Å². The van der Waals surface area contributed by atoms with Crippen molar-refractivity contribution in [1.82, 2.24) is 4.98 Å². The summed E-state index contributed by atoms with van der Waals surface area (Å²) in [6.45, 7) is 0. The zero-order chi connectivity index (χ0) is 13.4. The van der Waals surface area contributed by atoms with E-state index in [2.05, 4.69) is 26.2 Å². The quantitative estimate of drug-likeness (QED) is 0.646. The fourth-order valence-electron chi connectivity index (χ4n) is 1.65. The normalized spacial score (nSPS) is 10.9. The second-order valence-electron chi connectivity index (χ2n) is 3.88. The molecule has 3 aromatic rings. The van der Waals surface area contributed by atoms with E-state index in [1.807, 2.05) is 18.2 Å². The Bertz CT molecular complexity index is 759. The third-order valence-corrected chi connectivity index (χ3v) is 4.27. The van der Waals surface area contributed by atoms with Crippen LogP contribution in [-0.2, 0) is 0 Å². The van der Waals surface area contributed by atoms with Crippen LogP contribution in [0, 0.1) is 5.82 Å². The smallest absolute Gasteiger partial charge is 0.188 e. The molecule has 0 fully saturated rings. The first-order valence-electron chi connectivity index (χ1n) is 5.40. The summed E-state index contributed by atoms with van der Waals surface area (Å²) in [6.07, 6.45) is 0. The van der Waals surface area contributed by atoms with E-state index in [1.165, 1.54) is 23.5 Å². The molecule has 0 radical (unpaired) electrons. The SMILES string of the molecule is Fc1cc(Nc2nc3cc(Br)ccc3s2)ccc1Cl. The molecule has 2 nitrogen and oxygen atoms in total. The minimum atomic E-state index is -0.449. The van der Waals surface area contributed by atoms with Gasteiger partial charge in [0, 0.05) is 10.2 Å². The topological polar surface area (TPSA) is 24.9 Å². The molecule has 1 heterocycles. The molecule has 0 aliphatic rings. The molecule has 3 rings (SSSR count). The molecule has 96 valence electrons. The van der Waals surface area contributed by atoms with E-state index in [-0.39, 0.29) is 5.02 Å². The van der Waals surface area contributed by atoms with Crippen LogP contribution in [-0.4, -0.2) is 4.98 Å². The molecule has 0 unspecified atom stereocenters. The van der Waals surface area contributed by atoms with Crippen molar-refractivity contribution in [2.45, 2.75) is 0 Å². The molecule has 1 N–H and O–H groups in total. The third-order valence-electron chi connectivity index (χ3n) is 2.52. The third kappa shape index (κ3) is 2.73. The lowest BCUT2D eigenvalue weighted by atomic mass is 10.3. The zero-order valence-corrected chi connectivity index (χ0v) is 12.6. The first-order valence-corrected chi connectivity index (χ1v) is 7.39. The minimum absolute atomic E-state index is 0.110. The molecule has 0 aliphatic heterocycles. The van der Waals surface area contributed by atoms with Crippen molar-refractivity contribution >= 4 is 59.9 Å². The summed E-state index contributed by atoms with van der Waals surface area (Å²) in [4.78, 5) is 4.44. The monoisotopic (exact) mass is 356 g/mol. The van der Waals surface area contributed by atoms with E-state index >= 15 is 0 Å². The van der Waals surface area contributed by atoms with Crippen LogP contribution in [0.4, 0.5) is 15.2 Å². The van der Waals surface area contributed by atoms with Crippen molar-refractivity contribution in [1.29, 1.82) is 0 Å². The number of halogens is 3. The Morgan fingerprint density at radius 2 is 2.05 bits per heavy atom. The molecule has 19 heavy (non-hydrogen) atoms. The molecule has 0 atom stereocenters. The molecule has 0 aliphatic carbocycles. The van der Waals surface area contributed by atoms with Gasteiger partial charge in [-0.1, -0.05) is 38.9 Å². The van der Waals surface area contributed by atoms with E-state index in [9.17, 15) is 4.39 Å². The first kappa shape index (κ1) is 12.8. The van der Waals surface area contributed by atoms with Crippen molar-refractivity contribution in [3.63, 3.8) is 0 Å². The predicted molar refractivity (Wildman–Crippen MR) is 82.0 cm³/mol. The number of nitrogens with one attached hydrogen (secondary N) is 1. The standard InChI is InChI=1S/C13H7BrClFN2S/c14-7-1-4-12-11(5-7)18-13(19-12)17-8-2-3-9(15)10(16)6-8/h1-6H,(H,17,18). The van der Waals surface area contributed by atoms with Gasteiger partial charge < -0.3 is 5.32 Å². The van der Waals surface area contributed by atoms with Crippen LogP contribution in [0.3, 0.4) is 0 Å². The summed E-state index contributed by atoms with van der Waals surface area (Å²) in [7, 11) is 0. The van der Waals surface area contributed by atoms with Gasteiger partial charge in [0.25, 0.3) is 0 Å². The van der Waals surface area contributed by atoms with E-state index in [1.54, 1.807) is 6.07 Å². The fraction of sp³-hybridized carbons (Fsp3) is 0. The highest BCUT2D eigenvalue weighted by molar-refractivity contribution is 9.10. The molecule has 0 bridgehead atoms. The number of anilines is 2. The number of hydrogen-bond donors (Lipinski definition) is 1. The zero-order valence-electron chi connectivity index (χ0n) is 9.45. The summed E-state index contributed by atoms with van der Waals surface area (Å²) >= 11 is 10.6. The Kier molecular flexibility index (Phi) is 3.43. The molecule has 6 heteroatoms. The maximum atomic E-state index is 13.3. The molecule has 2 aromatic carbocycles. The van der Waals surface area contributed by atoms with Crippen molar-refractivity contribution in [3.8, 4) is 0 Å². The fourth-order valence-corrected chi connectivity index (χ4v) is 2.98. The highest BCUT2D eigenvalue weighted by Gasteiger charge is 2.06. The van der Waals surface area contributed by atoms with Crippen LogP contribution in [0.2, 0.25) is 5.02 Å². The lowest BCUT2D eigenvalue weighted by Gasteiger charge is -2.02. The van der Waals surface area contributed by atoms with Crippen LogP contribution < -0.4 is 5.32 Å². The number of benzene rings is 2. The Hall–Kier alpha value is -1.17. The lowest BCUT2D eigenvalue weighted by Crippen LogP contribution is -1.90. The molecule has 0 spiro atoms. The maximum Gasteiger partial charge on any atom is 0.188 e. The summed E-state index contributed by atoms with van der Waals surface area (Å²) in [5.41, 5.74) is 1.52. The molecule has 0 saturated heterocycles. The molecule has 1 aromatic heterocycles. The minimum Gasteiger partial charge on any atom is -0.331 e. The lowest BCUT2D eigenvalue weighted by molar-refractivity contribution is 0.629. The molecular formula is C13H7BrClFN2S. The van der Waals surface area contributed by atoms with Crippen LogP contribution in [0.25, 0.3) is 10.2 Å². The van der Waals surface area contributed by atoms with Gasteiger partial charge in [-0.2, -0.15) is 0 Å². The number of thiazole rings is 1. The highest BCUT2D eigenvalue weighted by Crippen LogP contribution is 2.30. The van der Waals surface area contributed by atoms with Gasteiger partial charge in [0.05, 0.1) is 15.2 Å². The summed E-state index contributed by atoms with van der Waals surface area (Å²) in [5.74, 6) is -0.449. The second-order valence-corrected chi connectivity index (χ2v) is 6.24. The second kappa shape index (κ2) is 5.07. The van der Waals surface area contributed by atoms with E-state index in [0.717, 1.165) is 19.8 Å². The average molecular weight is 358 g/mol. The van der Waals surface area contributed by atoms with E-state index in [4.69, 9.17) is 11.6 Å². The van der Waals surface area contributed by atoms with Crippen LogP contribution >= 0.6 is 38.9 Å². The molecule has 0 amide bonds. The summed E-state index contributed by atoms with van der Waals surface area (Å²) in [5, 5.41) is 3.90. The van der Waals surface area contributed by atoms with Crippen LogP contribution in [0.1, 0.15) is 0 Å². The Balaban J connectivity index is 1.94. The van der Waals surface area contributed by atoms with E-state index < -0.39 is 5.82 Å². The van der Waals surface area contributed by atoms with Crippen molar-refractivity contribution < 1.29 is 4.39 Å². The van der Waals surface area contributed by atoms with Gasteiger partial charge in [-0.15, -0.1) is 0 Å². The molecule has 0 saturated carbocycles. The van der Waals surface area contributed by atoms with Crippen molar-refractivity contribution in [2.24, 2.45) is 0 Å². The number of hydrogen-bond acceptors (Lipinski definition) is 3. The predicted octanol–water partition coefficient (Wildman–Crippen LogP) is 5.59. The van der Waals surface area contributed by atoms with Crippen LogP contribution in [0.5, 0.6) is 0 Å². The van der Waals surface area contributed by atoms with Gasteiger partial charge in [0.2, 0.25) is 0 Å².